The smallest absolute Gasteiger partial charge is 0.279 e. The molecule has 0 bridgehead atoms. The van der Waals surface area contributed by atoms with E-state index in [2.05, 4.69) is 9.88 Å². The Hall–Kier alpha value is -0.900. The first kappa shape index (κ1) is 15.2. The zero-order valence-corrected chi connectivity index (χ0v) is 11.5. The Morgan fingerprint density at radius 3 is 2.44 bits per heavy atom. The fourth-order valence-electron chi connectivity index (χ4n) is 1.88. The van der Waals surface area contributed by atoms with E-state index in [0.717, 1.165) is 0 Å². The van der Waals surface area contributed by atoms with Crippen LogP contribution in [-0.4, -0.2) is 67.4 Å². The molecular weight excluding hydrogens is 258 g/mol. The molecule has 18 heavy (non-hydrogen) atoms. The van der Waals surface area contributed by atoms with E-state index in [1.165, 1.54) is 4.31 Å². The number of nitrogens with one attached hydrogen (secondary N) is 1. The molecule has 1 unspecified atom stereocenters. The fraction of sp³-hybridized carbons (Fsp3) is 0.889. The largest absolute Gasteiger partial charge is 0.409 e. The zero-order valence-electron chi connectivity index (χ0n) is 10.7. The molecule has 0 aliphatic carbocycles. The van der Waals surface area contributed by atoms with Crippen molar-refractivity contribution in [3.8, 4) is 0 Å². The third kappa shape index (κ3) is 3.55. The quantitative estimate of drug-likeness (QED) is 0.248. The number of nitrogens with zero attached hydrogens (tertiary/aromatic N) is 3. The highest BCUT2D eigenvalue weighted by Crippen LogP contribution is 2.09. The van der Waals surface area contributed by atoms with E-state index in [4.69, 9.17) is 10.9 Å². The van der Waals surface area contributed by atoms with Crippen molar-refractivity contribution < 1.29 is 13.6 Å². The van der Waals surface area contributed by atoms with Crippen LogP contribution >= 0.6 is 0 Å². The number of amidine groups is 1. The molecule has 1 saturated heterocycles. The van der Waals surface area contributed by atoms with Crippen molar-refractivity contribution in [1.29, 1.82) is 0 Å². The van der Waals surface area contributed by atoms with Crippen molar-refractivity contribution in [1.82, 2.24) is 13.9 Å². The molecule has 0 aromatic rings. The van der Waals surface area contributed by atoms with Gasteiger partial charge in [-0.15, -0.1) is 0 Å². The minimum Gasteiger partial charge on any atom is -0.409 e. The molecule has 9 heteroatoms. The summed E-state index contributed by atoms with van der Waals surface area (Å²) < 4.78 is 27.4. The lowest BCUT2D eigenvalue weighted by Gasteiger charge is -2.36. The molecule has 0 aromatic heterocycles. The summed E-state index contributed by atoms with van der Waals surface area (Å²) in [4.78, 5) is 1.98. The molecule has 1 fully saturated rings. The predicted molar refractivity (Wildman–Crippen MR) is 68.6 cm³/mol. The summed E-state index contributed by atoms with van der Waals surface area (Å²) in [6.45, 7) is 5.86. The molecule has 0 aromatic carbocycles. The molecule has 1 aliphatic heterocycles. The second kappa shape index (κ2) is 6.32. The van der Waals surface area contributed by atoms with Gasteiger partial charge in [0.25, 0.3) is 10.2 Å². The van der Waals surface area contributed by atoms with Crippen LogP contribution in [0.5, 0.6) is 0 Å². The van der Waals surface area contributed by atoms with E-state index in [1.54, 1.807) is 6.92 Å². The van der Waals surface area contributed by atoms with E-state index in [1.807, 2.05) is 11.8 Å². The van der Waals surface area contributed by atoms with Gasteiger partial charge in [0.15, 0.2) is 5.84 Å². The topological polar surface area (TPSA) is 111 Å². The van der Waals surface area contributed by atoms with Crippen LogP contribution in [0.3, 0.4) is 0 Å². The van der Waals surface area contributed by atoms with E-state index < -0.39 is 10.2 Å². The van der Waals surface area contributed by atoms with Crippen LogP contribution in [0, 0.1) is 0 Å². The zero-order chi connectivity index (χ0) is 13.8. The Morgan fingerprint density at radius 1 is 1.44 bits per heavy atom. The van der Waals surface area contributed by atoms with Gasteiger partial charge in [-0.25, -0.2) is 4.72 Å². The van der Waals surface area contributed by atoms with Crippen LogP contribution in [-0.2, 0) is 10.2 Å². The summed E-state index contributed by atoms with van der Waals surface area (Å²) in [6, 6.07) is -0.195. The van der Waals surface area contributed by atoms with Gasteiger partial charge >= 0.3 is 0 Å². The van der Waals surface area contributed by atoms with Crippen molar-refractivity contribution in [3.63, 3.8) is 0 Å². The van der Waals surface area contributed by atoms with Crippen molar-refractivity contribution in [2.45, 2.75) is 19.9 Å². The lowest BCUT2D eigenvalue weighted by atomic mass is 10.2. The highest BCUT2D eigenvalue weighted by molar-refractivity contribution is 7.87. The van der Waals surface area contributed by atoms with Gasteiger partial charge in [-0.2, -0.15) is 12.7 Å². The van der Waals surface area contributed by atoms with Gasteiger partial charge < -0.3 is 10.9 Å². The molecule has 0 amide bonds. The van der Waals surface area contributed by atoms with Crippen molar-refractivity contribution >= 4 is 16.0 Å². The van der Waals surface area contributed by atoms with E-state index in [0.29, 0.717) is 32.7 Å². The van der Waals surface area contributed by atoms with Gasteiger partial charge in [-0.3, -0.25) is 4.90 Å². The van der Waals surface area contributed by atoms with Gasteiger partial charge in [0.05, 0.1) is 6.04 Å². The maximum Gasteiger partial charge on any atom is 0.279 e. The van der Waals surface area contributed by atoms with Gasteiger partial charge in [0.1, 0.15) is 0 Å². The molecule has 0 radical (unpaired) electrons. The second-order valence-corrected chi connectivity index (χ2v) is 5.89. The monoisotopic (exact) mass is 279 g/mol. The first-order valence-electron chi connectivity index (χ1n) is 5.88. The lowest BCUT2D eigenvalue weighted by molar-refractivity contribution is 0.170. The molecule has 0 saturated carbocycles. The Bertz CT molecular complexity index is 389. The lowest BCUT2D eigenvalue weighted by Crippen LogP contribution is -2.56. The van der Waals surface area contributed by atoms with Gasteiger partial charge in [0, 0.05) is 32.7 Å². The molecule has 8 nitrogen and oxygen atoms in total. The van der Waals surface area contributed by atoms with Crippen molar-refractivity contribution in [3.05, 3.63) is 0 Å². The number of rotatable bonds is 5. The molecule has 1 heterocycles. The minimum absolute atomic E-state index is 0.137. The van der Waals surface area contributed by atoms with Gasteiger partial charge in [-0.1, -0.05) is 12.1 Å². The van der Waals surface area contributed by atoms with E-state index in [9.17, 15) is 8.42 Å². The molecule has 106 valence electrons. The van der Waals surface area contributed by atoms with Crippen LogP contribution in [0.4, 0.5) is 0 Å². The highest BCUT2D eigenvalue weighted by Gasteiger charge is 2.29. The molecule has 1 atom stereocenters. The molecule has 1 aliphatic rings. The van der Waals surface area contributed by atoms with Crippen LogP contribution in [0.25, 0.3) is 0 Å². The summed E-state index contributed by atoms with van der Waals surface area (Å²) >= 11 is 0. The Morgan fingerprint density at radius 2 is 2.00 bits per heavy atom. The summed E-state index contributed by atoms with van der Waals surface area (Å²) in [5, 5.41) is 11.6. The van der Waals surface area contributed by atoms with Gasteiger partial charge in [0.2, 0.25) is 0 Å². The number of hydrogen-bond donors (Lipinski definition) is 3. The summed E-state index contributed by atoms with van der Waals surface area (Å²) in [6.07, 6.45) is 0. The third-order valence-corrected chi connectivity index (χ3v) is 4.73. The fourth-order valence-corrected chi connectivity index (χ4v) is 3.07. The van der Waals surface area contributed by atoms with E-state index in [-0.39, 0.29) is 11.9 Å². The Balaban J connectivity index is 2.56. The SMILES string of the molecule is CCNS(=O)(=O)N1CCN(C(C)C(N)=NO)CC1. The highest BCUT2D eigenvalue weighted by atomic mass is 32.2. The van der Waals surface area contributed by atoms with Crippen LogP contribution in [0.1, 0.15) is 13.8 Å². The molecule has 1 rings (SSSR count). The average Bonchev–Trinajstić information content (AvgIpc) is 2.37. The Labute approximate surface area is 108 Å². The van der Waals surface area contributed by atoms with Crippen LogP contribution in [0.2, 0.25) is 0 Å². The average molecular weight is 279 g/mol. The van der Waals surface area contributed by atoms with Crippen LogP contribution in [0.15, 0.2) is 5.16 Å². The maximum atomic E-state index is 11.8. The predicted octanol–water partition coefficient (Wildman–Crippen LogP) is -1.41. The summed E-state index contributed by atoms with van der Waals surface area (Å²) in [7, 11) is -3.36. The first-order valence-corrected chi connectivity index (χ1v) is 7.32. The number of oxime groups is 1. The second-order valence-electron chi connectivity index (χ2n) is 4.14. The number of piperazine rings is 1. The van der Waals surface area contributed by atoms with Crippen molar-refractivity contribution in [2.75, 3.05) is 32.7 Å². The summed E-state index contributed by atoms with van der Waals surface area (Å²) in [5.74, 6) is 0.137. The minimum atomic E-state index is -3.36. The number of nitrogens with two attached hydrogens (primary N) is 1. The Kier molecular flexibility index (Phi) is 5.32. The normalized spacial score (nSPS) is 22.0. The molecule has 4 N–H and O–H groups in total. The van der Waals surface area contributed by atoms with Crippen molar-refractivity contribution in [2.24, 2.45) is 10.9 Å². The van der Waals surface area contributed by atoms with Crippen LogP contribution < -0.4 is 10.5 Å². The van der Waals surface area contributed by atoms with E-state index >= 15 is 0 Å². The number of hydrogen-bond acceptors (Lipinski definition) is 5. The standard InChI is InChI=1S/C9H21N5O3S/c1-3-11-18(16,17)14-6-4-13(5-7-14)8(2)9(10)12-15/h8,11,15H,3-7H2,1-2H3,(H2,10,12). The first-order chi connectivity index (χ1) is 8.42. The third-order valence-electron chi connectivity index (χ3n) is 3.03. The molecular formula is C9H21N5O3S. The maximum absolute atomic E-state index is 11.8. The summed E-state index contributed by atoms with van der Waals surface area (Å²) in [5.41, 5.74) is 5.53. The van der Waals surface area contributed by atoms with Gasteiger partial charge in [-0.05, 0) is 6.92 Å². The molecule has 0 spiro atoms.